The van der Waals surface area contributed by atoms with E-state index >= 15 is 0 Å². The molecule has 1 amide bonds. The fourth-order valence-corrected chi connectivity index (χ4v) is 4.29. The van der Waals surface area contributed by atoms with Crippen molar-refractivity contribution in [3.8, 4) is 0 Å². The zero-order valence-electron chi connectivity index (χ0n) is 11.9. The van der Waals surface area contributed by atoms with Gasteiger partial charge in [-0.3, -0.25) is 4.79 Å². The Morgan fingerprint density at radius 1 is 1.05 bits per heavy atom. The number of nitrogens with one attached hydrogen (secondary N) is 1. The van der Waals surface area contributed by atoms with Gasteiger partial charge in [0.25, 0.3) is 0 Å². The van der Waals surface area contributed by atoms with E-state index in [1.54, 1.807) is 0 Å². The van der Waals surface area contributed by atoms with Gasteiger partial charge in [-0.15, -0.1) is 0 Å². The van der Waals surface area contributed by atoms with Crippen LogP contribution in [0.25, 0.3) is 0 Å². The molecule has 3 heteroatoms. The molecule has 3 saturated carbocycles. The number of carbonyl (C=O) groups excluding carboxylic acids is 1. The van der Waals surface area contributed by atoms with E-state index in [2.05, 4.69) is 5.32 Å². The van der Waals surface area contributed by atoms with Crippen LogP contribution in [0.2, 0.25) is 0 Å². The molecule has 108 valence electrons. The molecule has 0 radical (unpaired) electrons. The lowest BCUT2D eigenvalue weighted by Gasteiger charge is -2.22. The number of hydrogen-bond acceptors (Lipinski definition) is 2. The van der Waals surface area contributed by atoms with E-state index in [1.807, 2.05) is 0 Å². The van der Waals surface area contributed by atoms with Crippen LogP contribution in [0.1, 0.15) is 64.2 Å². The Labute approximate surface area is 116 Å². The van der Waals surface area contributed by atoms with Crippen LogP contribution in [0.15, 0.2) is 0 Å². The first kappa shape index (κ1) is 13.4. The summed E-state index contributed by atoms with van der Waals surface area (Å²) in [6.07, 6.45) is 12.3. The molecular weight excluding hydrogens is 236 g/mol. The number of hydrogen-bond donors (Lipinski definition) is 2. The quantitative estimate of drug-likeness (QED) is 0.820. The molecule has 4 atom stereocenters. The highest BCUT2D eigenvalue weighted by molar-refractivity contribution is 5.77. The first-order valence-corrected chi connectivity index (χ1v) is 8.29. The molecule has 0 bridgehead atoms. The minimum atomic E-state index is 0.255. The molecule has 3 N–H and O–H groups in total. The van der Waals surface area contributed by atoms with E-state index in [9.17, 15) is 4.79 Å². The first-order valence-electron chi connectivity index (χ1n) is 8.29. The van der Waals surface area contributed by atoms with E-state index in [0.29, 0.717) is 18.4 Å². The van der Waals surface area contributed by atoms with Crippen molar-refractivity contribution in [2.75, 3.05) is 0 Å². The van der Waals surface area contributed by atoms with Crippen LogP contribution in [-0.2, 0) is 4.79 Å². The third-order valence-electron chi connectivity index (χ3n) is 5.61. The maximum absolute atomic E-state index is 12.1. The third-order valence-corrected chi connectivity index (χ3v) is 5.61. The normalized spacial score (nSPS) is 39.2. The fourth-order valence-electron chi connectivity index (χ4n) is 4.29. The van der Waals surface area contributed by atoms with Crippen molar-refractivity contribution >= 4 is 5.91 Å². The van der Waals surface area contributed by atoms with Crippen molar-refractivity contribution in [1.82, 2.24) is 5.32 Å². The highest BCUT2D eigenvalue weighted by atomic mass is 16.1. The number of rotatable bonds is 4. The Balaban J connectivity index is 1.39. The largest absolute Gasteiger partial charge is 0.353 e. The zero-order valence-corrected chi connectivity index (χ0v) is 11.9. The molecule has 0 aromatic heterocycles. The number of amides is 1. The van der Waals surface area contributed by atoms with Gasteiger partial charge >= 0.3 is 0 Å². The summed E-state index contributed by atoms with van der Waals surface area (Å²) in [5.74, 6) is 2.38. The molecule has 0 spiro atoms. The fraction of sp³-hybridized carbons (Fsp3) is 0.938. The van der Waals surface area contributed by atoms with Crippen LogP contribution in [0.5, 0.6) is 0 Å². The second-order valence-corrected chi connectivity index (χ2v) is 7.03. The molecule has 0 aromatic rings. The second-order valence-electron chi connectivity index (χ2n) is 7.03. The molecular formula is C16H28N2O. The SMILES string of the molecule is N[C@@H]1CCC[C@H]1CC(=O)NC1CC1C1CCCCC1. The Morgan fingerprint density at radius 3 is 2.53 bits per heavy atom. The van der Waals surface area contributed by atoms with Crippen LogP contribution in [-0.4, -0.2) is 18.0 Å². The van der Waals surface area contributed by atoms with Crippen molar-refractivity contribution in [2.24, 2.45) is 23.5 Å². The number of nitrogens with two attached hydrogens (primary N) is 1. The summed E-state index contributed by atoms with van der Waals surface area (Å²) in [6, 6.07) is 0.757. The summed E-state index contributed by atoms with van der Waals surface area (Å²) < 4.78 is 0. The smallest absolute Gasteiger partial charge is 0.220 e. The molecule has 3 rings (SSSR count). The van der Waals surface area contributed by atoms with Crippen LogP contribution < -0.4 is 11.1 Å². The van der Waals surface area contributed by atoms with Crippen LogP contribution in [0, 0.1) is 17.8 Å². The Bertz CT molecular complexity index is 325. The molecule has 3 aliphatic rings. The molecule has 2 unspecified atom stereocenters. The Morgan fingerprint density at radius 2 is 1.84 bits per heavy atom. The van der Waals surface area contributed by atoms with Gasteiger partial charge in [0.1, 0.15) is 0 Å². The monoisotopic (exact) mass is 264 g/mol. The average Bonchev–Trinajstić information content (AvgIpc) is 3.06. The van der Waals surface area contributed by atoms with E-state index in [-0.39, 0.29) is 11.9 Å². The van der Waals surface area contributed by atoms with Gasteiger partial charge in [0.15, 0.2) is 0 Å². The highest BCUT2D eigenvalue weighted by Gasteiger charge is 2.43. The van der Waals surface area contributed by atoms with E-state index in [0.717, 1.165) is 24.7 Å². The maximum Gasteiger partial charge on any atom is 0.220 e. The minimum Gasteiger partial charge on any atom is -0.353 e. The van der Waals surface area contributed by atoms with Gasteiger partial charge in [-0.25, -0.2) is 0 Å². The van der Waals surface area contributed by atoms with Crippen LogP contribution >= 0.6 is 0 Å². The lowest BCUT2D eigenvalue weighted by atomic mass is 9.85. The van der Waals surface area contributed by atoms with Gasteiger partial charge in [0.05, 0.1) is 0 Å². The topological polar surface area (TPSA) is 55.1 Å². The molecule has 3 fully saturated rings. The maximum atomic E-state index is 12.1. The summed E-state index contributed by atoms with van der Waals surface area (Å²) in [5, 5.41) is 3.25. The Kier molecular flexibility index (Phi) is 4.11. The number of carbonyl (C=O) groups is 1. The highest BCUT2D eigenvalue weighted by Crippen LogP contribution is 2.44. The lowest BCUT2D eigenvalue weighted by Crippen LogP contribution is -2.33. The molecule has 19 heavy (non-hydrogen) atoms. The summed E-state index contributed by atoms with van der Waals surface area (Å²) in [7, 11) is 0. The van der Waals surface area contributed by atoms with Gasteiger partial charge in [-0.1, -0.05) is 38.5 Å². The van der Waals surface area contributed by atoms with Crippen LogP contribution in [0.4, 0.5) is 0 Å². The average molecular weight is 264 g/mol. The van der Waals surface area contributed by atoms with Crippen molar-refractivity contribution < 1.29 is 4.79 Å². The van der Waals surface area contributed by atoms with Gasteiger partial charge in [-0.2, -0.15) is 0 Å². The third kappa shape index (κ3) is 3.31. The molecule has 0 aromatic carbocycles. The Hall–Kier alpha value is -0.570. The molecule has 3 aliphatic carbocycles. The predicted octanol–water partition coefficient (Wildman–Crippen LogP) is 2.59. The van der Waals surface area contributed by atoms with Crippen molar-refractivity contribution in [1.29, 1.82) is 0 Å². The standard InChI is InChI=1S/C16H28N2O/c17-14-8-4-7-12(14)9-16(19)18-15-10-13(15)11-5-2-1-3-6-11/h11-15H,1-10,17H2,(H,18,19)/t12-,13?,14+,15?/m0/s1. The van der Waals surface area contributed by atoms with Crippen molar-refractivity contribution in [3.05, 3.63) is 0 Å². The molecule has 0 aliphatic heterocycles. The van der Waals surface area contributed by atoms with E-state index in [4.69, 9.17) is 5.73 Å². The summed E-state index contributed by atoms with van der Waals surface area (Å²) in [5.41, 5.74) is 6.04. The van der Waals surface area contributed by atoms with Crippen LogP contribution in [0.3, 0.4) is 0 Å². The van der Waals surface area contributed by atoms with Gasteiger partial charge < -0.3 is 11.1 Å². The summed E-state index contributed by atoms with van der Waals surface area (Å²) in [4.78, 5) is 12.1. The van der Waals surface area contributed by atoms with Crippen molar-refractivity contribution in [2.45, 2.75) is 76.3 Å². The lowest BCUT2D eigenvalue weighted by molar-refractivity contribution is -0.122. The van der Waals surface area contributed by atoms with Gasteiger partial charge in [0.2, 0.25) is 5.91 Å². The second kappa shape index (κ2) is 5.82. The predicted molar refractivity (Wildman–Crippen MR) is 76.5 cm³/mol. The molecule has 0 saturated heterocycles. The first-order chi connectivity index (χ1) is 9.24. The van der Waals surface area contributed by atoms with Crippen molar-refractivity contribution in [3.63, 3.8) is 0 Å². The van der Waals surface area contributed by atoms with Gasteiger partial charge in [-0.05, 0) is 37.0 Å². The van der Waals surface area contributed by atoms with E-state index < -0.39 is 0 Å². The molecule has 0 heterocycles. The molecule has 3 nitrogen and oxygen atoms in total. The summed E-state index contributed by atoms with van der Waals surface area (Å²) in [6.45, 7) is 0. The van der Waals surface area contributed by atoms with Gasteiger partial charge in [0, 0.05) is 18.5 Å². The summed E-state index contributed by atoms with van der Waals surface area (Å²) >= 11 is 0. The zero-order chi connectivity index (χ0) is 13.2. The minimum absolute atomic E-state index is 0.255. The van der Waals surface area contributed by atoms with E-state index in [1.165, 1.54) is 44.9 Å².